The fourth-order valence-electron chi connectivity index (χ4n) is 1.79. The summed E-state index contributed by atoms with van der Waals surface area (Å²) in [7, 11) is 0. The highest BCUT2D eigenvalue weighted by molar-refractivity contribution is 7.17. The van der Waals surface area contributed by atoms with Gasteiger partial charge < -0.3 is 5.32 Å². The molecule has 0 bridgehead atoms. The highest BCUT2D eigenvalue weighted by Gasteiger charge is 2.25. The molecule has 1 aliphatic carbocycles. The summed E-state index contributed by atoms with van der Waals surface area (Å²) < 4.78 is 0. The Bertz CT molecular complexity index is 573. The van der Waals surface area contributed by atoms with Crippen molar-refractivity contribution in [1.82, 2.24) is 10.3 Å². The molecule has 0 atom stereocenters. The van der Waals surface area contributed by atoms with Crippen molar-refractivity contribution in [3.8, 4) is 10.6 Å². The second-order valence-corrected chi connectivity index (χ2v) is 5.55. The molecule has 0 spiro atoms. The molecule has 2 aromatic rings. The molecule has 3 nitrogen and oxygen atoms in total. The van der Waals surface area contributed by atoms with Crippen LogP contribution in [0.2, 0.25) is 0 Å². The van der Waals surface area contributed by atoms with E-state index in [0.29, 0.717) is 6.04 Å². The Labute approximate surface area is 110 Å². The SMILES string of the molecule is Cc1nc(-c2ccccc2)sc1C(=O)NC1CC1. The molecule has 0 aliphatic heterocycles. The molecule has 92 valence electrons. The van der Waals surface area contributed by atoms with E-state index in [1.165, 1.54) is 11.3 Å². The molecule has 1 fully saturated rings. The van der Waals surface area contributed by atoms with Gasteiger partial charge in [-0.2, -0.15) is 0 Å². The van der Waals surface area contributed by atoms with Gasteiger partial charge in [0.1, 0.15) is 9.88 Å². The van der Waals surface area contributed by atoms with E-state index in [0.717, 1.165) is 34.0 Å². The fraction of sp³-hybridized carbons (Fsp3) is 0.286. The van der Waals surface area contributed by atoms with Gasteiger partial charge in [0.25, 0.3) is 5.91 Å². The van der Waals surface area contributed by atoms with Crippen LogP contribution in [0.3, 0.4) is 0 Å². The number of thiazole rings is 1. The molecule has 1 saturated carbocycles. The van der Waals surface area contributed by atoms with E-state index < -0.39 is 0 Å². The van der Waals surface area contributed by atoms with Crippen LogP contribution < -0.4 is 5.32 Å². The van der Waals surface area contributed by atoms with Crippen molar-refractivity contribution in [1.29, 1.82) is 0 Å². The molecule has 0 saturated heterocycles. The minimum absolute atomic E-state index is 0.0229. The summed E-state index contributed by atoms with van der Waals surface area (Å²) in [6.45, 7) is 1.89. The summed E-state index contributed by atoms with van der Waals surface area (Å²) in [4.78, 5) is 17.2. The number of benzene rings is 1. The van der Waals surface area contributed by atoms with Gasteiger partial charge in [-0.3, -0.25) is 4.79 Å². The molecule has 0 radical (unpaired) electrons. The molecule has 1 aliphatic rings. The topological polar surface area (TPSA) is 42.0 Å². The molecule has 1 amide bonds. The van der Waals surface area contributed by atoms with Crippen molar-refractivity contribution in [3.05, 3.63) is 40.9 Å². The first-order chi connectivity index (χ1) is 8.74. The van der Waals surface area contributed by atoms with Crippen LogP contribution >= 0.6 is 11.3 Å². The van der Waals surface area contributed by atoms with Crippen LogP contribution in [0.15, 0.2) is 30.3 Å². The number of carbonyl (C=O) groups is 1. The zero-order chi connectivity index (χ0) is 12.5. The molecule has 1 aromatic heterocycles. The molecular formula is C14H14N2OS. The summed E-state index contributed by atoms with van der Waals surface area (Å²) in [5.74, 6) is 0.0229. The zero-order valence-corrected chi connectivity index (χ0v) is 11.0. The zero-order valence-electron chi connectivity index (χ0n) is 10.1. The van der Waals surface area contributed by atoms with Crippen molar-refractivity contribution >= 4 is 17.2 Å². The number of rotatable bonds is 3. The number of nitrogens with one attached hydrogen (secondary N) is 1. The van der Waals surface area contributed by atoms with Crippen LogP contribution in [0.4, 0.5) is 0 Å². The van der Waals surface area contributed by atoms with Gasteiger partial charge in [0.15, 0.2) is 0 Å². The lowest BCUT2D eigenvalue weighted by Crippen LogP contribution is -2.25. The van der Waals surface area contributed by atoms with Crippen LogP contribution in [0, 0.1) is 6.92 Å². The predicted molar refractivity (Wildman–Crippen MR) is 72.8 cm³/mol. The number of carbonyl (C=O) groups excluding carboxylic acids is 1. The number of nitrogens with zero attached hydrogens (tertiary/aromatic N) is 1. The lowest BCUT2D eigenvalue weighted by molar-refractivity contribution is 0.0954. The Morgan fingerprint density at radius 2 is 2.06 bits per heavy atom. The summed E-state index contributed by atoms with van der Waals surface area (Å²) in [6, 6.07) is 10.4. The van der Waals surface area contributed by atoms with E-state index in [-0.39, 0.29) is 5.91 Å². The number of aromatic nitrogens is 1. The number of hydrogen-bond acceptors (Lipinski definition) is 3. The predicted octanol–water partition coefficient (Wildman–Crippen LogP) is 3.01. The summed E-state index contributed by atoms with van der Waals surface area (Å²) >= 11 is 1.47. The highest BCUT2D eigenvalue weighted by Crippen LogP contribution is 2.28. The second-order valence-electron chi connectivity index (χ2n) is 4.55. The monoisotopic (exact) mass is 258 g/mol. The third-order valence-corrected chi connectivity index (χ3v) is 4.14. The van der Waals surface area contributed by atoms with Gasteiger partial charge in [-0.15, -0.1) is 11.3 Å². The fourth-order valence-corrected chi connectivity index (χ4v) is 2.76. The Morgan fingerprint density at radius 3 is 2.72 bits per heavy atom. The smallest absolute Gasteiger partial charge is 0.263 e. The molecular weight excluding hydrogens is 244 g/mol. The molecule has 1 aromatic carbocycles. The lowest BCUT2D eigenvalue weighted by Gasteiger charge is -1.99. The summed E-state index contributed by atoms with van der Waals surface area (Å²) in [5.41, 5.74) is 1.88. The Kier molecular flexibility index (Phi) is 2.88. The molecule has 0 unspecified atom stereocenters. The van der Waals surface area contributed by atoms with Gasteiger partial charge in [-0.25, -0.2) is 4.98 Å². The maximum Gasteiger partial charge on any atom is 0.263 e. The van der Waals surface area contributed by atoms with Crippen LogP contribution in [0.5, 0.6) is 0 Å². The Hall–Kier alpha value is -1.68. The minimum Gasteiger partial charge on any atom is -0.349 e. The first-order valence-corrected chi connectivity index (χ1v) is 6.89. The first kappa shape index (κ1) is 11.4. The summed E-state index contributed by atoms with van der Waals surface area (Å²) in [6.07, 6.45) is 2.21. The average Bonchev–Trinajstić information content (AvgIpc) is 3.10. The van der Waals surface area contributed by atoms with Gasteiger partial charge in [-0.1, -0.05) is 30.3 Å². The molecule has 1 heterocycles. The third-order valence-electron chi connectivity index (χ3n) is 2.94. The quantitative estimate of drug-likeness (QED) is 0.919. The van der Waals surface area contributed by atoms with E-state index >= 15 is 0 Å². The van der Waals surface area contributed by atoms with Crippen LogP contribution in [0.1, 0.15) is 28.2 Å². The van der Waals surface area contributed by atoms with Crippen LogP contribution in [-0.2, 0) is 0 Å². The van der Waals surface area contributed by atoms with Crippen molar-refractivity contribution in [2.75, 3.05) is 0 Å². The maximum absolute atomic E-state index is 12.0. The van der Waals surface area contributed by atoms with E-state index in [1.54, 1.807) is 0 Å². The highest BCUT2D eigenvalue weighted by atomic mass is 32.1. The molecule has 3 rings (SSSR count). The molecule has 4 heteroatoms. The van der Waals surface area contributed by atoms with Gasteiger partial charge in [0, 0.05) is 11.6 Å². The van der Waals surface area contributed by atoms with Crippen LogP contribution in [-0.4, -0.2) is 16.9 Å². The van der Waals surface area contributed by atoms with E-state index in [9.17, 15) is 4.79 Å². The number of aryl methyl sites for hydroxylation is 1. The minimum atomic E-state index is 0.0229. The van der Waals surface area contributed by atoms with E-state index in [4.69, 9.17) is 0 Å². The van der Waals surface area contributed by atoms with Gasteiger partial charge in [-0.05, 0) is 19.8 Å². The standard InChI is InChI=1S/C14H14N2OS/c1-9-12(13(17)16-11-7-8-11)18-14(15-9)10-5-3-2-4-6-10/h2-6,11H,7-8H2,1H3,(H,16,17). The second kappa shape index (κ2) is 4.53. The Morgan fingerprint density at radius 1 is 1.33 bits per heavy atom. The number of amides is 1. The van der Waals surface area contributed by atoms with Crippen LogP contribution in [0.25, 0.3) is 10.6 Å². The first-order valence-electron chi connectivity index (χ1n) is 6.08. The van der Waals surface area contributed by atoms with Crippen molar-refractivity contribution < 1.29 is 4.79 Å². The van der Waals surface area contributed by atoms with Gasteiger partial charge >= 0.3 is 0 Å². The Balaban J connectivity index is 1.88. The lowest BCUT2D eigenvalue weighted by atomic mass is 10.2. The average molecular weight is 258 g/mol. The van der Waals surface area contributed by atoms with Crippen molar-refractivity contribution in [3.63, 3.8) is 0 Å². The van der Waals surface area contributed by atoms with E-state index in [2.05, 4.69) is 10.3 Å². The van der Waals surface area contributed by atoms with Gasteiger partial charge in [0.2, 0.25) is 0 Å². The molecule has 18 heavy (non-hydrogen) atoms. The van der Waals surface area contributed by atoms with Crippen molar-refractivity contribution in [2.24, 2.45) is 0 Å². The van der Waals surface area contributed by atoms with Gasteiger partial charge in [0.05, 0.1) is 5.69 Å². The third kappa shape index (κ3) is 2.29. The summed E-state index contributed by atoms with van der Waals surface area (Å²) in [5, 5.41) is 3.92. The largest absolute Gasteiger partial charge is 0.349 e. The molecule has 1 N–H and O–H groups in total. The normalized spacial score (nSPS) is 14.5. The van der Waals surface area contributed by atoms with Crippen molar-refractivity contribution in [2.45, 2.75) is 25.8 Å². The number of hydrogen-bond donors (Lipinski definition) is 1. The maximum atomic E-state index is 12.0. The van der Waals surface area contributed by atoms with E-state index in [1.807, 2.05) is 37.3 Å².